The molecule has 0 spiro atoms. The third-order valence-electron chi connectivity index (χ3n) is 4.89. The highest BCUT2D eigenvalue weighted by molar-refractivity contribution is 6.30. The lowest BCUT2D eigenvalue weighted by Crippen LogP contribution is -2.50. The van der Waals surface area contributed by atoms with Crippen LogP contribution in [0.2, 0.25) is 5.02 Å². The van der Waals surface area contributed by atoms with E-state index in [1.54, 1.807) is 35.2 Å². The Labute approximate surface area is 194 Å². The van der Waals surface area contributed by atoms with Gasteiger partial charge < -0.3 is 24.4 Å². The SMILES string of the molecule is CCCNC(=O)[C@@H](CC)N(Cc1ccc(Cl)cc1)C(=O)COc1cc(OC)cc(OC)c1. The molecule has 0 fully saturated rings. The molecule has 0 saturated heterocycles. The van der Waals surface area contributed by atoms with Gasteiger partial charge in [0.1, 0.15) is 23.3 Å². The number of carbonyl (C=O) groups is 2. The number of nitrogens with zero attached hydrogens (tertiary/aromatic N) is 1. The molecule has 32 heavy (non-hydrogen) atoms. The average Bonchev–Trinajstić information content (AvgIpc) is 2.81. The van der Waals surface area contributed by atoms with Crippen LogP contribution in [0, 0.1) is 0 Å². The van der Waals surface area contributed by atoms with Crippen molar-refractivity contribution in [1.82, 2.24) is 10.2 Å². The van der Waals surface area contributed by atoms with Gasteiger partial charge in [-0.2, -0.15) is 0 Å². The molecule has 2 amide bonds. The number of nitrogens with one attached hydrogen (secondary N) is 1. The van der Waals surface area contributed by atoms with Crippen molar-refractivity contribution >= 4 is 23.4 Å². The van der Waals surface area contributed by atoms with E-state index in [1.165, 1.54) is 14.2 Å². The number of benzene rings is 2. The monoisotopic (exact) mass is 462 g/mol. The summed E-state index contributed by atoms with van der Waals surface area (Å²) in [5, 5.41) is 3.50. The first kappa shape index (κ1) is 25.3. The van der Waals surface area contributed by atoms with Crippen LogP contribution in [-0.2, 0) is 16.1 Å². The summed E-state index contributed by atoms with van der Waals surface area (Å²) in [5.41, 5.74) is 0.868. The zero-order chi connectivity index (χ0) is 23.5. The number of ether oxygens (including phenoxy) is 3. The van der Waals surface area contributed by atoms with Gasteiger partial charge in [-0.05, 0) is 30.5 Å². The molecule has 0 bridgehead atoms. The number of methoxy groups -OCH3 is 2. The van der Waals surface area contributed by atoms with Crippen molar-refractivity contribution in [1.29, 1.82) is 0 Å². The molecule has 2 rings (SSSR count). The second kappa shape index (κ2) is 12.8. The molecule has 1 N–H and O–H groups in total. The quantitative estimate of drug-likeness (QED) is 0.514. The van der Waals surface area contributed by atoms with Gasteiger partial charge in [-0.15, -0.1) is 0 Å². The van der Waals surface area contributed by atoms with E-state index in [2.05, 4.69) is 5.32 Å². The number of hydrogen-bond donors (Lipinski definition) is 1. The van der Waals surface area contributed by atoms with Gasteiger partial charge in [0.15, 0.2) is 6.61 Å². The zero-order valence-electron chi connectivity index (χ0n) is 19.0. The van der Waals surface area contributed by atoms with E-state index in [9.17, 15) is 9.59 Å². The number of rotatable bonds is 12. The summed E-state index contributed by atoms with van der Waals surface area (Å²) in [4.78, 5) is 27.5. The topological polar surface area (TPSA) is 77.1 Å². The first-order valence-electron chi connectivity index (χ1n) is 10.6. The van der Waals surface area contributed by atoms with Gasteiger partial charge in [-0.25, -0.2) is 0 Å². The van der Waals surface area contributed by atoms with Crippen LogP contribution < -0.4 is 19.5 Å². The fraction of sp³-hybridized carbons (Fsp3) is 0.417. The summed E-state index contributed by atoms with van der Waals surface area (Å²) in [6.07, 6.45) is 1.29. The smallest absolute Gasteiger partial charge is 0.261 e. The Balaban J connectivity index is 2.22. The number of halogens is 1. The minimum atomic E-state index is -0.617. The Kier molecular flexibility index (Phi) is 10.1. The molecule has 0 aliphatic rings. The average molecular weight is 463 g/mol. The highest BCUT2D eigenvalue weighted by atomic mass is 35.5. The Morgan fingerprint density at radius 2 is 1.59 bits per heavy atom. The third-order valence-corrected chi connectivity index (χ3v) is 5.14. The second-order valence-corrected chi connectivity index (χ2v) is 7.64. The van der Waals surface area contributed by atoms with Crippen LogP contribution in [0.5, 0.6) is 17.2 Å². The summed E-state index contributed by atoms with van der Waals surface area (Å²) in [5.74, 6) is 1.05. The Morgan fingerprint density at radius 1 is 1.00 bits per heavy atom. The van der Waals surface area contributed by atoms with Crippen molar-refractivity contribution in [2.24, 2.45) is 0 Å². The number of carbonyl (C=O) groups excluding carboxylic acids is 2. The lowest BCUT2D eigenvalue weighted by molar-refractivity contribution is -0.143. The van der Waals surface area contributed by atoms with Gasteiger partial charge in [-0.3, -0.25) is 9.59 Å². The fourth-order valence-electron chi connectivity index (χ4n) is 3.16. The highest BCUT2D eigenvalue weighted by Crippen LogP contribution is 2.27. The molecule has 0 aromatic heterocycles. The maximum atomic E-state index is 13.2. The molecule has 2 aromatic rings. The molecule has 0 heterocycles. The molecular formula is C24H31ClN2O5. The highest BCUT2D eigenvalue weighted by Gasteiger charge is 2.28. The molecule has 7 nitrogen and oxygen atoms in total. The van der Waals surface area contributed by atoms with E-state index in [0.29, 0.717) is 35.2 Å². The van der Waals surface area contributed by atoms with E-state index < -0.39 is 6.04 Å². The number of hydrogen-bond acceptors (Lipinski definition) is 5. The molecule has 0 aliphatic carbocycles. The number of amides is 2. The van der Waals surface area contributed by atoms with Gasteiger partial charge in [-0.1, -0.05) is 37.6 Å². The molecule has 2 aromatic carbocycles. The lowest BCUT2D eigenvalue weighted by Gasteiger charge is -2.30. The maximum absolute atomic E-state index is 13.2. The van der Waals surface area contributed by atoms with Crippen LogP contribution in [0.4, 0.5) is 0 Å². The molecule has 0 radical (unpaired) electrons. The standard InChI is InChI=1S/C24H31ClN2O5/c1-5-11-26-24(29)22(6-2)27(15-17-7-9-18(25)10-8-17)23(28)16-32-21-13-19(30-3)12-20(14-21)31-4/h7-10,12-14,22H,5-6,11,15-16H2,1-4H3,(H,26,29)/t22-/m1/s1. The Bertz CT molecular complexity index is 866. The molecular weight excluding hydrogens is 432 g/mol. The predicted molar refractivity (Wildman–Crippen MR) is 124 cm³/mol. The van der Waals surface area contributed by atoms with Crippen molar-refractivity contribution in [3.05, 3.63) is 53.1 Å². The summed E-state index contributed by atoms with van der Waals surface area (Å²) >= 11 is 5.99. The molecule has 8 heteroatoms. The van der Waals surface area contributed by atoms with Gasteiger partial charge in [0.05, 0.1) is 14.2 Å². The summed E-state index contributed by atoms with van der Waals surface area (Å²) in [6.45, 7) is 4.44. The lowest BCUT2D eigenvalue weighted by atomic mass is 10.1. The van der Waals surface area contributed by atoms with E-state index in [1.807, 2.05) is 26.0 Å². The summed E-state index contributed by atoms with van der Waals surface area (Å²) in [7, 11) is 3.08. The van der Waals surface area contributed by atoms with Crippen molar-refractivity contribution in [2.45, 2.75) is 39.3 Å². The molecule has 174 valence electrons. The first-order chi connectivity index (χ1) is 15.4. The van der Waals surface area contributed by atoms with Crippen LogP contribution >= 0.6 is 11.6 Å². The van der Waals surface area contributed by atoms with Crippen molar-refractivity contribution in [3.8, 4) is 17.2 Å². The first-order valence-corrected chi connectivity index (χ1v) is 11.0. The van der Waals surface area contributed by atoms with Crippen molar-refractivity contribution < 1.29 is 23.8 Å². The molecule has 0 aliphatic heterocycles. The fourth-order valence-corrected chi connectivity index (χ4v) is 3.29. The van der Waals surface area contributed by atoms with Crippen LogP contribution in [0.25, 0.3) is 0 Å². The second-order valence-electron chi connectivity index (χ2n) is 7.20. The molecule has 1 atom stereocenters. The minimum Gasteiger partial charge on any atom is -0.496 e. The van der Waals surface area contributed by atoms with E-state index in [4.69, 9.17) is 25.8 Å². The van der Waals surface area contributed by atoms with Crippen LogP contribution in [-0.4, -0.2) is 50.1 Å². The van der Waals surface area contributed by atoms with Crippen molar-refractivity contribution in [3.63, 3.8) is 0 Å². The minimum absolute atomic E-state index is 0.181. The van der Waals surface area contributed by atoms with E-state index >= 15 is 0 Å². The van der Waals surface area contributed by atoms with Crippen LogP contribution in [0.1, 0.15) is 32.3 Å². The normalized spacial score (nSPS) is 11.4. The zero-order valence-corrected chi connectivity index (χ0v) is 19.8. The van der Waals surface area contributed by atoms with Gasteiger partial charge >= 0.3 is 0 Å². The largest absolute Gasteiger partial charge is 0.496 e. The van der Waals surface area contributed by atoms with Gasteiger partial charge in [0, 0.05) is 36.3 Å². The van der Waals surface area contributed by atoms with E-state index in [0.717, 1.165) is 12.0 Å². The van der Waals surface area contributed by atoms with Crippen LogP contribution in [0.15, 0.2) is 42.5 Å². The molecule has 0 saturated carbocycles. The maximum Gasteiger partial charge on any atom is 0.261 e. The molecule has 0 unspecified atom stereocenters. The van der Waals surface area contributed by atoms with Crippen molar-refractivity contribution in [2.75, 3.05) is 27.4 Å². The van der Waals surface area contributed by atoms with Gasteiger partial charge in [0.25, 0.3) is 5.91 Å². The predicted octanol–water partition coefficient (Wildman–Crippen LogP) is 4.07. The van der Waals surface area contributed by atoms with E-state index in [-0.39, 0.29) is 25.0 Å². The van der Waals surface area contributed by atoms with Gasteiger partial charge in [0.2, 0.25) is 5.91 Å². The van der Waals surface area contributed by atoms with Crippen LogP contribution in [0.3, 0.4) is 0 Å². The summed E-state index contributed by atoms with van der Waals surface area (Å²) in [6, 6.07) is 11.6. The third kappa shape index (κ3) is 7.34. The summed E-state index contributed by atoms with van der Waals surface area (Å²) < 4.78 is 16.2. The Hall–Kier alpha value is -2.93. The Morgan fingerprint density at radius 3 is 2.12 bits per heavy atom.